The van der Waals surface area contributed by atoms with Crippen LogP contribution in [-0.2, 0) is 24.4 Å². The minimum Gasteiger partial charge on any atom is -0.381 e. The lowest BCUT2D eigenvalue weighted by Gasteiger charge is -2.45. The van der Waals surface area contributed by atoms with Crippen molar-refractivity contribution in [3.05, 3.63) is 47.8 Å². The van der Waals surface area contributed by atoms with E-state index in [1.165, 1.54) is 5.56 Å². The van der Waals surface area contributed by atoms with Crippen LogP contribution in [-0.4, -0.2) is 52.2 Å². The van der Waals surface area contributed by atoms with E-state index in [0.717, 1.165) is 57.9 Å². The molecule has 0 radical (unpaired) electrons. The van der Waals surface area contributed by atoms with Gasteiger partial charge in [0.2, 0.25) is 0 Å². The number of ether oxygens (including phenoxy) is 1. The maximum Gasteiger partial charge on any atom is 0.0964 e. The third kappa shape index (κ3) is 4.66. The van der Waals surface area contributed by atoms with Gasteiger partial charge >= 0.3 is 0 Å². The quantitative estimate of drug-likeness (QED) is 0.795. The molecule has 136 valence electrons. The summed E-state index contributed by atoms with van der Waals surface area (Å²) < 4.78 is 5.63. The lowest BCUT2D eigenvalue weighted by atomic mass is 9.87. The number of rotatable bonds is 8. The highest BCUT2D eigenvalue weighted by atomic mass is 16.5. The Bertz CT molecular complexity index is 636. The van der Waals surface area contributed by atoms with Gasteiger partial charge in [0.1, 0.15) is 0 Å². The third-order valence-electron chi connectivity index (χ3n) is 5.12. The van der Waals surface area contributed by atoms with E-state index in [1.54, 1.807) is 4.80 Å². The first-order valence-electron chi connectivity index (χ1n) is 9.14. The van der Waals surface area contributed by atoms with Gasteiger partial charge in [0.25, 0.3) is 0 Å². The molecule has 1 N–H and O–H groups in total. The monoisotopic (exact) mass is 343 g/mol. The average Bonchev–Trinajstić information content (AvgIpc) is 3.11. The first-order valence-corrected chi connectivity index (χ1v) is 9.14. The summed E-state index contributed by atoms with van der Waals surface area (Å²) in [7, 11) is 2.23. The van der Waals surface area contributed by atoms with Crippen LogP contribution in [0.15, 0.2) is 36.5 Å². The standard InChI is InChI=1S/C19H29N5O/c1-3-24-21-14-18(22-24)13-20-16-19(9-11-25-12-10-19)23(2)15-17-7-5-4-6-8-17/h4-8,14,20H,3,9-13,15-16H2,1-2H3. The fraction of sp³-hybridized carbons (Fsp3) is 0.579. The van der Waals surface area contributed by atoms with Gasteiger partial charge in [-0.2, -0.15) is 15.0 Å². The van der Waals surface area contributed by atoms with E-state index < -0.39 is 0 Å². The highest BCUT2D eigenvalue weighted by molar-refractivity contribution is 5.15. The first kappa shape index (κ1) is 18.0. The smallest absolute Gasteiger partial charge is 0.0964 e. The third-order valence-corrected chi connectivity index (χ3v) is 5.12. The van der Waals surface area contributed by atoms with E-state index in [-0.39, 0.29) is 5.54 Å². The molecule has 1 aliphatic rings. The zero-order chi connectivity index (χ0) is 17.5. The molecule has 2 heterocycles. The second kappa shape index (κ2) is 8.56. The summed E-state index contributed by atoms with van der Waals surface area (Å²) in [6.45, 7) is 7.14. The van der Waals surface area contributed by atoms with Crippen molar-refractivity contribution in [3.63, 3.8) is 0 Å². The number of hydrogen-bond donors (Lipinski definition) is 1. The van der Waals surface area contributed by atoms with Crippen LogP contribution >= 0.6 is 0 Å². The molecular formula is C19H29N5O. The number of nitrogens with one attached hydrogen (secondary N) is 1. The van der Waals surface area contributed by atoms with Gasteiger partial charge in [0.05, 0.1) is 18.4 Å². The van der Waals surface area contributed by atoms with Crippen LogP contribution < -0.4 is 5.32 Å². The summed E-state index contributed by atoms with van der Waals surface area (Å²) in [6.07, 6.45) is 3.94. The Morgan fingerprint density at radius 1 is 1.24 bits per heavy atom. The second-order valence-electron chi connectivity index (χ2n) is 6.81. The number of aryl methyl sites for hydroxylation is 1. The number of benzene rings is 1. The van der Waals surface area contributed by atoms with E-state index in [9.17, 15) is 0 Å². The first-order chi connectivity index (χ1) is 12.2. The Kier molecular flexibility index (Phi) is 6.18. The highest BCUT2D eigenvalue weighted by Gasteiger charge is 2.36. The SMILES string of the molecule is CCn1ncc(CNCC2(N(C)Cc3ccccc3)CCOCC2)n1. The van der Waals surface area contributed by atoms with Crippen LogP contribution in [0, 0.1) is 0 Å². The van der Waals surface area contributed by atoms with Crippen molar-refractivity contribution in [2.45, 2.75) is 44.9 Å². The molecule has 1 saturated heterocycles. The maximum atomic E-state index is 5.63. The van der Waals surface area contributed by atoms with E-state index >= 15 is 0 Å². The molecule has 0 bridgehead atoms. The zero-order valence-corrected chi connectivity index (χ0v) is 15.3. The summed E-state index contributed by atoms with van der Waals surface area (Å²) in [4.78, 5) is 4.21. The molecule has 2 aromatic rings. The van der Waals surface area contributed by atoms with Gasteiger partial charge in [-0.15, -0.1) is 0 Å². The predicted molar refractivity (Wildman–Crippen MR) is 98.1 cm³/mol. The number of likely N-dealkylation sites (N-methyl/N-ethyl adjacent to an activating group) is 1. The maximum absolute atomic E-state index is 5.63. The molecule has 1 fully saturated rings. The van der Waals surface area contributed by atoms with Crippen LogP contribution in [0.2, 0.25) is 0 Å². The molecule has 6 heteroatoms. The summed E-state index contributed by atoms with van der Waals surface area (Å²) in [5, 5.41) is 12.3. The Morgan fingerprint density at radius 3 is 2.68 bits per heavy atom. The molecule has 0 saturated carbocycles. The predicted octanol–water partition coefficient (Wildman–Crippen LogP) is 2.07. The Morgan fingerprint density at radius 2 is 2.00 bits per heavy atom. The van der Waals surface area contributed by atoms with Crippen LogP contribution in [0.4, 0.5) is 0 Å². The summed E-state index contributed by atoms with van der Waals surface area (Å²) in [5.41, 5.74) is 2.46. The van der Waals surface area contributed by atoms with E-state index in [0.29, 0.717) is 0 Å². The summed E-state index contributed by atoms with van der Waals surface area (Å²) >= 11 is 0. The van der Waals surface area contributed by atoms with Crippen molar-refractivity contribution in [1.29, 1.82) is 0 Å². The average molecular weight is 343 g/mol. The minimum atomic E-state index is 0.120. The second-order valence-corrected chi connectivity index (χ2v) is 6.81. The van der Waals surface area contributed by atoms with Gasteiger partial charge in [0.15, 0.2) is 0 Å². The molecule has 6 nitrogen and oxygen atoms in total. The fourth-order valence-corrected chi connectivity index (χ4v) is 3.46. The number of hydrogen-bond acceptors (Lipinski definition) is 5. The fourth-order valence-electron chi connectivity index (χ4n) is 3.46. The van der Waals surface area contributed by atoms with Crippen molar-refractivity contribution >= 4 is 0 Å². The minimum absolute atomic E-state index is 0.120. The normalized spacial score (nSPS) is 17.1. The molecule has 1 aromatic heterocycles. The lowest BCUT2D eigenvalue weighted by molar-refractivity contribution is -0.0208. The highest BCUT2D eigenvalue weighted by Crippen LogP contribution is 2.28. The van der Waals surface area contributed by atoms with E-state index in [2.05, 4.69) is 57.8 Å². The Balaban J connectivity index is 1.61. The summed E-state index contributed by atoms with van der Waals surface area (Å²) in [6, 6.07) is 10.7. The molecule has 0 spiro atoms. The Labute approximate surface area is 150 Å². The van der Waals surface area contributed by atoms with Gasteiger partial charge < -0.3 is 10.1 Å². The van der Waals surface area contributed by atoms with Crippen molar-refractivity contribution in [2.24, 2.45) is 0 Å². The van der Waals surface area contributed by atoms with Crippen LogP contribution in [0.5, 0.6) is 0 Å². The summed E-state index contributed by atoms with van der Waals surface area (Å²) in [5.74, 6) is 0. The molecule has 1 aromatic carbocycles. The largest absolute Gasteiger partial charge is 0.381 e. The molecule has 0 amide bonds. The van der Waals surface area contributed by atoms with Gasteiger partial charge in [-0.3, -0.25) is 4.90 Å². The molecule has 0 atom stereocenters. The van der Waals surface area contributed by atoms with Crippen molar-refractivity contribution in [2.75, 3.05) is 26.8 Å². The van der Waals surface area contributed by atoms with Crippen molar-refractivity contribution < 1.29 is 4.74 Å². The Hall–Kier alpha value is -1.76. The van der Waals surface area contributed by atoms with Gasteiger partial charge in [-0.1, -0.05) is 30.3 Å². The van der Waals surface area contributed by atoms with E-state index in [4.69, 9.17) is 4.74 Å². The molecule has 3 rings (SSSR count). The molecule has 0 aliphatic carbocycles. The molecule has 1 aliphatic heterocycles. The van der Waals surface area contributed by atoms with Crippen LogP contribution in [0.3, 0.4) is 0 Å². The zero-order valence-electron chi connectivity index (χ0n) is 15.3. The molecule has 25 heavy (non-hydrogen) atoms. The molecule has 0 unspecified atom stereocenters. The van der Waals surface area contributed by atoms with Crippen molar-refractivity contribution in [1.82, 2.24) is 25.2 Å². The van der Waals surface area contributed by atoms with Crippen LogP contribution in [0.25, 0.3) is 0 Å². The van der Waals surface area contributed by atoms with Crippen LogP contribution in [0.1, 0.15) is 31.0 Å². The number of nitrogens with zero attached hydrogens (tertiary/aromatic N) is 4. The van der Waals surface area contributed by atoms with E-state index in [1.807, 2.05) is 13.1 Å². The molecular weight excluding hydrogens is 314 g/mol. The van der Waals surface area contributed by atoms with Gasteiger partial charge in [-0.25, -0.2) is 0 Å². The topological polar surface area (TPSA) is 55.2 Å². The van der Waals surface area contributed by atoms with Gasteiger partial charge in [-0.05, 0) is 32.4 Å². The van der Waals surface area contributed by atoms with Gasteiger partial charge in [0, 0.05) is 38.4 Å². The number of aromatic nitrogens is 3. The van der Waals surface area contributed by atoms with Crippen molar-refractivity contribution in [3.8, 4) is 0 Å². The lowest BCUT2D eigenvalue weighted by Crippen LogP contribution is -2.55.